The van der Waals surface area contributed by atoms with Gasteiger partial charge in [0.2, 0.25) is 0 Å². The predicted octanol–water partition coefficient (Wildman–Crippen LogP) is 3.20. The molecular formula is C12H20ClN3. The highest BCUT2D eigenvalue weighted by molar-refractivity contribution is 6.17. The molecule has 0 radical (unpaired) electrons. The van der Waals surface area contributed by atoms with Crippen LogP contribution in [0.2, 0.25) is 0 Å². The summed E-state index contributed by atoms with van der Waals surface area (Å²) in [5.74, 6) is 1.59. The molecule has 1 aliphatic rings. The third-order valence-corrected chi connectivity index (χ3v) is 3.75. The maximum Gasteiger partial charge on any atom is 0.0827 e. The molecule has 0 amide bonds. The molecule has 1 aromatic rings. The van der Waals surface area contributed by atoms with Gasteiger partial charge in [0.15, 0.2) is 0 Å². The Balaban J connectivity index is 1.91. The highest BCUT2D eigenvalue weighted by Gasteiger charge is 2.20. The SMILES string of the molecule is CC1CCC(n2cc(CCCCl)nn2)CC1. The van der Waals surface area contributed by atoms with Crippen molar-refractivity contribution in [1.82, 2.24) is 15.0 Å². The average molecular weight is 242 g/mol. The molecule has 90 valence electrons. The van der Waals surface area contributed by atoms with Crippen molar-refractivity contribution in [1.29, 1.82) is 0 Å². The first kappa shape index (κ1) is 11.9. The third-order valence-electron chi connectivity index (χ3n) is 3.48. The topological polar surface area (TPSA) is 30.7 Å². The Kier molecular flexibility index (Phi) is 4.22. The summed E-state index contributed by atoms with van der Waals surface area (Å²) in [6.45, 7) is 2.34. The van der Waals surface area contributed by atoms with E-state index >= 15 is 0 Å². The van der Waals surface area contributed by atoms with Crippen LogP contribution < -0.4 is 0 Å². The number of rotatable bonds is 4. The first-order valence-corrected chi connectivity index (χ1v) is 6.79. The zero-order valence-corrected chi connectivity index (χ0v) is 10.7. The molecule has 2 rings (SSSR count). The van der Waals surface area contributed by atoms with Crippen molar-refractivity contribution in [2.24, 2.45) is 5.92 Å². The van der Waals surface area contributed by atoms with E-state index in [1.165, 1.54) is 25.7 Å². The Hall–Kier alpha value is -0.570. The number of aromatic nitrogens is 3. The summed E-state index contributed by atoms with van der Waals surface area (Å²) in [7, 11) is 0. The first-order chi connectivity index (χ1) is 7.79. The summed E-state index contributed by atoms with van der Waals surface area (Å²) in [5.41, 5.74) is 1.08. The van der Waals surface area contributed by atoms with Gasteiger partial charge in [0, 0.05) is 12.1 Å². The molecule has 0 aromatic carbocycles. The van der Waals surface area contributed by atoms with Crippen LogP contribution in [0.15, 0.2) is 6.20 Å². The lowest BCUT2D eigenvalue weighted by atomic mass is 9.87. The number of nitrogens with zero attached hydrogens (tertiary/aromatic N) is 3. The van der Waals surface area contributed by atoms with Crippen molar-refractivity contribution in [3.8, 4) is 0 Å². The lowest BCUT2D eigenvalue weighted by Gasteiger charge is -2.25. The van der Waals surface area contributed by atoms with E-state index < -0.39 is 0 Å². The molecule has 0 spiro atoms. The van der Waals surface area contributed by atoms with Crippen LogP contribution in [0.5, 0.6) is 0 Å². The Morgan fingerprint density at radius 2 is 2.12 bits per heavy atom. The number of aryl methyl sites for hydroxylation is 1. The van der Waals surface area contributed by atoms with Crippen LogP contribution >= 0.6 is 11.6 Å². The van der Waals surface area contributed by atoms with Crippen LogP contribution in [0.3, 0.4) is 0 Å². The van der Waals surface area contributed by atoms with E-state index in [2.05, 4.69) is 28.1 Å². The Labute approximate surface area is 102 Å². The van der Waals surface area contributed by atoms with Crippen LogP contribution in [0, 0.1) is 5.92 Å². The minimum atomic E-state index is 0.577. The number of alkyl halides is 1. The molecule has 1 aliphatic carbocycles. The summed E-state index contributed by atoms with van der Waals surface area (Å²) >= 11 is 5.67. The van der Waals surface area contributed by atoms with Crippen molar-refractivity contribution in [2.45, 2.75) is 51.5 Å². The third kappa shape index (κ3) is 2.97. The minimum absolute atomic E-state index is 0.577. The van der Waals surface area contributed by atoms with Crippen molar-refractivity contribution >= 4 is 11.6 Å². The second-order valence-corrected chi connectivity index (χ2v) is 5.27. The minimum Gasteiger partial charge on any atom is -0.249 e. The van der Waals surface area contributed by atoms with Gasteiger partial charge in [-0.2, -0.15) is 0 Å². The monoisotopic (exact) mass is 241 g/mol. The maximum atomic E-state index is 5.67. The average Bonchev–Trinajstić information content (AvgIpc) is 2.76. The molecule has 3 nitrogen and oxygen atoms in total. The lowest BCUT2D eigenvalue weighted by Crippen LogP contribution is -2.17. The normalized spacial score (nSPS) is 25.9. The van der Waals surface area contributed by atoms with E-state index in [0.717, 1.165) is 24.5 Å². The standard InChI is InChI=1S/C12H20ClN3/c1-10-4-6-12(7-5-10)16-9-11(14-15-16)3-2-8-13/h9-10,12H,2-8H2,1H3. The van der Waals surface area contributed by atoms with E-state index in [1.807, 2.05) is 0 Å². The van der Waals surface area contributed by atoms with Crippen molar-refractivity contribution in [2.75, 3.05) is 5.88 Å². The summed E-state index contributed by atoms with van der Waals surface area (Å²) < 4.78 is 2.06. The van der Waals surface area contributed by atoms with Gasteiger partial charge in [-0.15, -0.1) is 16.7 Å². The van der Waals surface area contributed by atoms with Gasteiger partial charge in [0.1, 0.15) is 0 Å². The van der Waals surface area contributed by atoms with Gasteiger partial charge in [-0.25, -0.2) is 4.68 Å². The Morgan fingerprint density at radius 1 is 1.38 bits per heavy atom. The molecule has 4 heteroatoms. The van der Waals surface area contributed by atoms with E-state index in [9.17, 15) is 0 Å². The van der Waals surface area contributed by atoms with Crippen LogP contribution in [-0.2, 0) is 6.42 Å². The highest BCUT2D eigenvalue weighted by Crippen LogP contribution is 2.31. The van der Waals surface area contributed by atoms with Crippen LogP contribution in [0.1, 0.15) is 50.8 Å². The molecular weight excluding hydrogens is 222 g/mol. The van der Waals surface area contributed by atoms with E-state index in [0.29, 0.717) is 11.9 Å². The van der Waals surface area contributed by atoms with Gasteiger partial charge in [-0.3, -0.25) is 0 Å². The largest absolute Gasteiger partial charge is 0.249 e. The number of hydrogen-bond acceptors (Lipinski definition) is 2. The number of hydrogen-bond donors (Lipinski definition) is 0. The zero-order chi connectivity index (χ0) is 11.4. The first-order valence-electron chi connectivity index (χ1n) is 6.26. The van der Waals surface area contributed by atoms with Gasteiger partial charge in [-0.05, 0) is 44.4 Å². The summed E-state index contributed by atoms with van der Waals surface area (Å²) in [4.78, 5) is 0. The zero-order valence-electron chi connectivity index (χ0n) is 9.90. The summed E-state index contributed by atoms with van der Waals surface area (Å²) in [6, 6.07) is 0.577. The molecule has 0 N–H and O–H groups in total. The van der Waals surface area contributed by atoms with E-state index in [1.54, 1.807) is 0 Å². The molecule has 0 atom stereocenters. The quantitative estimate of drug-likeness (QED) is 0.758. The molecule has 0 saturated heterocycles. The van der Waals surface area contributed by atoms with E-state index in [4.69, 9.17) is 11.6 Å². The van der Waals surface area contributed by atoms with Gasteiger partial charge in [0.25, 0.3) is 0 Å². The second kappa shape index (κ2) is 5.67. The molecule has 1 fully saturated rings. The highest BCUT2D eigenvalue weighted by atomic mass is 35.5. The second-order valence-electron chi connectivity index (χ2n) is 4.90. The fraction of sp³-hybridized carbons (Fsp3) is 0.833. The van der Waals surface area contributed by atoms with Crippen LogP contribution in [-0.4, -0.2) is 20.9 Å². The molecule has 1 aromatic heterocycles. The molecule has 0 unspecified atom stereocenters. The molecule has 16 heavy (non-hydrogen) atoms. The maximum absolute atomic E-state index is 5.67. The predicted molar refractivity (Wildman–Crippen MR) is 65.7 cm³/mol. The molecule has 1 saturated carbocycles. The molecule has 0 bridgehead atoms. The molecule has 1 heterocycles. The fourth-order valence-corrected chi connectivity index (χ4v) is 2.49. The van der Waals surface area contributed by atoms with Crippen molar-refractivity contribution in [3.63, 3.8) is 0 Å². The van der Waals surface area contributed by atoms with Crippen LogP contribution in [0.25, 0.3) is 0 Å². The molecule has 0 aliphatic heterocycles. The Bertz CT molecular complexity index is 316. The van der Waals surface area contributed by atoms with Gasteiger partial charge in [-0.1, -0.05) is 12.1 Å². The summed E-state index contributed by atoms with van der Waals surface area (Å²) in [6.07, 6.45) is 9.18. The van der Waals surface area contributed by atoms with Crippen molar-refractivity contribution in [3.05, 3.63) is 11.9 Å². The Morgan fingerprint density at radius 3 is 2.81 bits per heavy atom. The van der Waals surface area contributed by atoms with Gasteiger partial charge in [0.05, 0.1) is 11.7 Å². The fourth-order valence-electron chi connectivity index (χ4n) is 2.36. The smallest absolute Gasteiger partial charge is 0.0827 e. The lowest BCUT2D eigenvalue weighted by molar-refractivity contribution is 0.270. The van der Waals surface area contributed by atoms with Gasteiger partial charge >= 0.3 is 0 Å². The summed E-state index contributed by atoms with van der Waals surface area (Å²) in [5, 5.41) is 8.44. The van der Waals surface area contributed by atoms with Crippen molar-refractivity contribution < 1.29 is 0 Å². The van der Waals surface area contributed by atoms with Gasteiger partial charge < -0.3 is 0 Å². The number of halogens is 1. The van der Waals surface area contributed by atoms with E-state index in [-0.39, 0.29) is 0 Å². The van der Waals surface area contributed by atoms with Crippen LogP contribution in [0.4, 0.5) is 0 Å².